The van der Waals surface area contributed by atoms with Crippen LogP contribution in [0.15, 0.2) is 39.9 Å². The summed E-state index contributed by atoms with van der Waals surface area (Å²) in [5.74, 6) is 1.06. The van der Waals surface area contributed by atoms with Gasteiger partial charge >= 0.3 is 0 Å². The Balaban J connectivity index is 1.54. The number of amides is 2. The molecule has 1 aromatic carbocycles. The zero-order valence-electron chi connectivity index (χ0n) is 15.1. The number of para-hydroxylation sites is 1. The number of carbonyl (C=O) groups excluding carboxylic acids is 2. The molecule has 1 atom stereocenters. The van der Waals surface area contributed by atoms with Crippen LogP contribution in [0.4, 0.5) is 0 Å². The van der Waals surface area contributed by atoms with Gasteiger partial charge in [-0.2, -0.15) is 0 Å². The Morgan fingerprint density at radius 1 is 1.33 bits per heavy atom. The van der Waals surface area contributed by atoms with Crippen molar-refractivity contribution in [3.63, 3.8) is 0 Å². The van der Waals surface area contributed by atoms with Crippen LogP contribution in [-0.2, 0) is 23.1 Å². The topological polar surface area (TPSA) is 116 Å². The minimum Gasteiger partial charge on any atom is -0.459 e. The normalized spacial score (nSPS) is 12.2. The van der Waals surface area contributed by atoms with Crippen LogP contribution in [-0.4, -0.2) is 32.3 Å². The summed E-state index contributed by atoms with van der Waals surface area (Å²) < 4.78 is 7.54. The van der Waals surface area contributed by atoms with Crippen LogP contribution in [0.1, 0.15) is 31.0 Å². The summed E-state index contributed by atoms with van der Waals surface area (Å²) in [4.78, 5) is 23.1. The second-order valence-corrected chi connectivity index (χ2v) is 7.13. The number of aromatic nitrogens is 3. The van der Waals surface area contributed by atoms with E-state index in [2.05, 4.69) is 15.5 Å². The number of primary amides is 1. The Morgan fingerprint density at radius 3 is 2.85 bits per heavy atom. The van der Waals surface area contributed by atoms with Crippen molar-refractivity contribution in [1.82, 2.24) is 20.1 Å². The standard InChI is InChI=1S/C18H21N5O3S/c1-11(14-9-12-5-3-4-6-13(12)26-14)20-17(25)10-27-18-22-21-16(23(18)2)8-7-15(19)24/h3-6,9,11H,7-8,10H2,1-2H3,(H2,19,24)(H,20,25)/t11-/m0/s1. The highest BCUT2D eigenvalue weighted by molar-refractivity contribution is 7.99. The lowest BCUT2D eigenvalue weighted by Crippen LogP contribution is -2.28. The van der Waals surface area contributed by atoms with Crippen LogP contribution in [0.5, 0.6) is 0 Å². The molecule has 0 unspecified atom stereocenters. The lowest BCUT2D eigenvalue weighted by atomic mass is 10.2. The summed E-state index contributed by atoms with van der Waals surface area (Å²) in [6.07, 6.45) is 0.640. The number of nitrogens with one attached hydrogen (secondary N) is 1. The first-order chi connectivity index (χ1) is 12.9. The van der Waals surface area contributed by atoms with Gasteiger partial charge < -0.3 is 20.0 Å². The van der Waals surface area contributed by atoms with Crippen molar-refractivity contribution in [2.24, 2.45) is 12.8 Å². The third kappa shape index (κ3) is 4.68. The van der Waals surface area contributed by atoms with Crippen molar-refractivity contribution < 1.29 is 14.0 Å². The average molecular weight is 387 g/mol. The number of thioether (sulfide) groups is 1. The van der Waals surface area contributed by atoms with Gasteiger partial charge in [0.25, 0.3) is 0 Å². The van der Waals surface area contributed by atoms with Gasteiger partial charge in [0.1, 0.15) is 17.2 Å². The molecule has 0 fully saturated rings. The van der Waals surface area contributed by atoms with E-state index in [9.17, 15) is 9.59 Å². The molecule has 0 bridgehead atoms. The fourth-order valence-electron chi connectivity index (χ4n) is 2.62. The molecule has 2 amide bonds. The Kier molecular flexibility index (Phi) is 5.80. The van der Waals surface area contributed by atoms with Crippen molar-refractivity contribution in [3.05, 3.63) is 41.9 Å². The van der Waals surface area contributed by atoms with Crippen molar-refractivity contribution in [2.75, 3.05) is 5.75 Å². The van der Waals surface area contributed by atoms with E-state index in [0.29, 0.717) is 23.2 Å². The minimum atomic E-state index is -0.383. The largest absolute Gasteiger partial charge is 0.459 e. The third-order valence-corrected chi connectivity index (χ3v) is 5.12. The first-order valence-electron chi connectivity index (χ1n) is 8.51. The number of carbonyl (C=O) groups is 2. The Hall–Kier alpha value is -2.81. The van der Waals surface area contributed by atoms with Crippen LogP contribution < -0.4 is 11.1 Å². The fraction of sp³-hybridized carbons (Fsp3) is 0.333. The lowest BCUT2D eigenvalue weighted by Gasteiger charge is -2.11. The summed E-state index contributed by atoms with van der Waals surface area (Å²) in [6, 6.07) is 9.41. The van der Waals surface area contributed by atoms with Crippen molar-refractivity contribution in [1.29, 1.82) is 0 Å². The maximum absolute atomic E-state index is 12.3. The first-order valence-corrected chi connectivity index (χ1v) is 9.50. The summed E-state index contributed by atoms with van der Waals surface area (Å²) in [7, 11) is 1.80. The summed E-state index contributed by atoms with van der Waals surface area (Å²) in [6.45, 7) is 1.88. The van der Waals surface area contributed by atoms with Gasteiger partial charge in [-0.25, -0.2) is 0 Å². The van der Waals surface area contributed by atoms with Gasteiger partial charge in [0, 0.05) is 25.3 Å². The predicted octanol–water partition coefficient (Wildman–Crippen LogP) is 1.95. The molecule has 0 saturated carbocycles. The molecular weight excluding hydrogens is 366 g/mol. The number of aryl methyl sites for hydroxylation is 1. The molecule has 0 aliphatic carbocycles. The molecule has 0 saturated heterocycles. The highest BCUT2D eigenvalue weighted by Gasteiger charge is 2.16. The van der Waals surface area contributed by atoms with E-state index < -0.39 is 0 Å². The smallest absolute Gasteiger partial charge is 0.231 e. The summed E-state index contributed by atoms with van der Waals surface area (Å²) in [5.41, 5.74) is 5.95. The van der Waals surface area contributed by atoms with E-state index in [0.717, 1.165) is 11.0 Å². The minimum absolute atomic E-state index is 0.130. The monoisotopic (exact) mass is 387 g/mol. The van der Waals surface area contributed by atoms with Crippen LogP contribution in [0.25, 0.3) is 11.0 Å². The van der Waals surface area contributed by atoms with Gasteiger partial charge in [0.05, 0.1) is 11.8 Å². The van der Waals surface area contributed by atoms with E-state index in [4.69, 9.17) is 10.2 Å². The second-order valence-electron chi connectivity index (χ2n) is 6.19. The van der Waals surface area contributed by atoms with E-state index >= 15 is 0 Å². The van der Waals surface area contributed by atoms with Gasteiger partial charge in [-0.15, -0.1) is 10.2 Å². The number of hydrogen-bond acceptors (Lipinski definition) is 6. The molecule has 27 heavy (non-hydrogen) atoms. The SMILES string of the molecule is C[C@H](NC(=O)CSc1nnc(CCC(N)=O)n1C)c1cc2ccccc2o1. The molecule has 0 spiro atoms. The molecule has 3 N–H and O–H groups in total. The Morgan fingerprint density at radius 2 is 2.11 bits per heavy atom. The molecule has 8 nitrogen and oxygen atoms in total. The molecular formula is C18H21N5O3S. The summed E-state index contributed by atoms with van der Waals surface area (Å²) >= 11 is 1.28. The van der Waals surface area contributed by atoms with E-state index in [1.165, 1.54) is 11.8 Å². The molecule has 9 heteroatoms. The maximum Gasteiger partial charge on any atom is 0.231 e. The van der Waals surface area contributed by atoms with Crippen LogP contribution >= 0.6 is 11.8 Å². The number of benzene rings is 1. The number of fused-ring (bicyclic) bond motifs is 1. The van der Waals surface area contributed by atoms with E-state index in [1.807, 2.05) is 37.3 Å². The third-order valence-electron chi connectivity index (χ3n) is 4.10. The molecule has 3 aromatic rings. The van der Waals surface area contributed by atoms with Crippen molar-refractivity contribution in [3.8, 4) is 0 Å². The van der Waals surface area contributed by atoms with Crippen LogP contribution in [0, 0.1) is 0 Å². The average Bonchev–Trinajstić information content (AvgIpc) is 3.22. The highest BCUT2D eigenvalue weighted by Crippen LogP contribution is 2.24. The predicted molar refractivity (Wildman–Crippen MR) is 102 cm³/mol. The number of furan rings is 1. The molecule has 2 heterocycles. The van der Waals surface area contributed by atoms with Crippen molar-refractivity contribution >= 4 is 34.5 Å². The molecule has 3 rings (SSSR count). The molecule has 0 radical (unpaired) electrons. The number of hydrogen-bond donors (Lipinski definition) is 2. The van der Waals surface area contributed by atoms with E-state index in [1.54, 1.807) is 11.6 Å². The van der Waals surface area contributed by atoms with Gasteiger partial charge in [0.2, 0.25) is 11.8 Å². The Bertz CT molecular complexity index is 932. The second kappa shape index (κ2) is 8.26. The maximum atomic E-state index is 12.3. The molecule has 0 aliphatic rings. The quantitative estimate of drug-likeness (QED) is 0.571. The molecule has 142 valence electrons. The zero-order chi connectivity index (χ0) is 19.4. The highest BCUT2D eigenvalue weighted by atomic mass is 32.2. The molecule has 2 aromatic heterocycles. The number of nitrogens with two attached hydrogens (primary N) is 1. The fourth-order valence-corrected chi connectivity index (χ4v) is 3.36. The van der Waals surface area contributed by atoms with E-state index in [-0.39, 0.29) is 30.0 Å². The van der Waals surface area contributed by atoms with Crippen molar-refractivity contribution in [2.45, 2.75) is 31.0 Å². The van der Waals surface area contributed by atoms with Gasteiger partial charge in [-0.3, -0.25) is 9.59 Å². The van der Waals surface area contributed by atoms with Gasteiger partial charge in [-0.1, -0.05) is 30.0 Å². The Labute approximate surface area is 160 Å². The van der Waals surface area contributed by atoms with Crippen LogP contribution in [0.2, 0.25) is 0 Å². The van der Waals surface area contributed by atoms with Crippen LogP contribution in [0.3, 0.4) is 0 Å². The van der Waals surface area contributed by atoms with Gasteiger partial charge in [-0.05, 0) is 19.1 Å². The number of rotatable bonds is 8. The lowest BCUT2D eigenvalue weighted by molar-refractivity contribution is -0.119. The van der Waals surface area contributed by atoms with Gasteiger partial charge in [0.15, 0.2) is 5.16 Å². The molecule has 0 aliphatic heterocycles. The first kappa shape index (κ1) is 19.0. The number of nitrogens with zero attached hydrogens (tertiary/aromatic N) is 3. The zero-order valence-corrected chi connectivity index (χ0v) is 16.0. The summed E-state index contributed by atoms with van der Waals surface area (Å²) in [5, 5.41) is 12.6.